The molecule has 2 heteroatoms. The van der Waals surface area contributed by atoms with E-state index in [0.29, 0.717) is 11.3 Å². The summed E-state index contributed by atoms with van der Waals surface area (Å²) >= 11 is 1.97. The molecule has 1 aliphatic carbocycles. The van der Waals surface area contributed by atoms with E-state index < -0.39 is 0 Å². The van der Waals surface area contributed by atoms with Gasteiger partial charge in [-0.15, -0.1) is 11.8 Å². The zero-order valence-corrected chi connectivity index (χ0v) is 14.4. The molecule has 1 aliphatic rings. The fraction of sp³-hybridized carbons (Fsp3) is 0.667. The third-order valence-corrected chi connectivity index (χ3v) is 6.00. The van der Waals surface area contributed by atoms with Crippen LogP contribution in [-0.4, -0.2) is 11.3 Å². The average Bonchev–Trinajstić information content (AvgIpc) is 2.34. The fourth-order valence-electron chi connectivity index (χ4n) is 2.95. The van der Waals surface area contributed by atoms with E-state index in [2.05, 4.69) is 58.9 Å². The first kappa shape index (κ1) is 15.9. The molecule has 20 heavy (non-hydrogen) atoms. The molecule has 2 rings (SSSR count). The van der Waals surface area contributed by atoms with E-state index in [1.54, 1.807) is 0 Å². The highest BCUT2D eigenvalue weighted by Crippen LogP contribution is 2.41. The molecule has 1 nitrogen and oxygen atoms in total. The first-order valence-electron chi connectivity index (χ1n) is 7.73. The zero-order chi connectivity index (χ0) is 15.0. The van der Waals surface area contributed by atoms with Crippen molar-refractivity contribution in [3.63, 3.8) is 0 Å². The van der Waals surface area contributed by atoms with E-state index in [9.17, 15) is 0 Å². The summed E-state index contributed by atoms with van der Waals surface area (Å²) in [6.45, 7) is 11.4. The van der Waals surface area contributed by atoms with Crippen molar-refractivity contribution in [1.82, 2.24) is 0 Å². The zero-order valence-electron chi connectivity index (χ0n) is 13.6. The van der Waals surface area contributed by atoms with E-state index in [1.807, 2.05) is 11.8 Å². The summed E-state index contributed by atoms with van der Waals surface area (Å²) in [7, 11) is 0. The van der Waals surface area contributed by atoms with Crippen molar-refractivity contribution in [3.05, 3.63) is 29.8 Å². The van der Waals surface area contributed by atoms with Gasteiger partial charge < -0.3 is 5.73 Å². The van der Waals surface area contributed by atoms with Crippen LogP contribution >= 0.6 is 11.8 Å². The molecule has 1 aromatic carbocycles. The predicted octanol–water partition coefficient (Wildman–Crippen LogP) is 4.98. The highest BCUT2D eigenvalue weighted by Gasteiger charge is 2.36. The minimum absolute atomic E-state index is 0.229. The minimum atomic E-state index is 0.229. The van der Waals surface area contributed by atoms with Crippen molar-refractivity contribution in [2.24, 2.45) is 11.1 Å². The lowest BCUT2D eigenvalue weighted by atomic mass is 9.73. The van der Waals surface area contributed by atoms with E-state index in [0.717, 1.165) is 0 Å². The van der Waals surface area contributed by atoms with Crippen LogP contribution in [0.4, 0.5) is 0 Å². The summed E-state index contributed by atoms with van der Waals surface area (Å²) in [6, 6.07) is 9.35. The molecule has 0 aromatic heterocycles. The molecule has 0 spiro atoms. The maximum Gasteiger partial charge on any atom is 0.0251 e. The molecule has 0 heterocycles. The Morgan fingerprint density at radius 2 is 1.75 bits per heavy atom. The molecule has 0 radical (unpaired) electrons. The van der Waals surface area contributed by atoms with Crippen LogP contribution in [0.2, 0.25) is 0 Å². The minimum Gasteiger partial charge on any atom is -0.326 e. The lowest BCUT2D eigenvalue weighted by Crippen LogP contribution is -2.48. The molecule has 1 saturated carbocycles. The van der Waals surface area contributed by atoms with Gasteiger partial charge in [0, 0.05) is 16.2 Å². The predicted molar refractivity (Wildman–Crippen MR) is 90.4 cm³/mol. The van der Waals surface area contributed by atoms with Crippen molar-refractivity contribution < 1.29 is 0 Å². The van der Waals surface area contributed by atoms with Crippen molar-refractivity contribution in [2.45, 2.75) is 75.5 Å². The highest BCUT2D eigenvalue weighted by molar-refractivity contribution is 8.00. The van der Waals surface area contributed by atoms with Crippen LogP contribution in [0.1, 0.15) is 59.4 Å². The van der Waals surface area contributed by atoms with Gasteiger partial charge in [-0.25, -0.2) is 0 Å². The van der Waals surface area contributed by atoms with Crippen LogP contribution in [-0.2, 0) is 5.41 Å². The van der Waals surface area contributed by atoms with E-state index >= 15 is 0 Å². The van der Waals surface area contributed by atoms with Gasteiger partial charge >= 0.3 is 0 Å². The van der Waals surface area contributed by atoms with Gasteiger partial charge in [-0.1, -0.05) is 53.2 Å². The van der Waals surface area contributed by atoms with Gasteiger partial charge in [-0.05, 0) is 41.4 Å². The molecule has 2 unspecified atom stereocenters. The Morgan fingerprint density at radius 3 is 2.30 bits per heavy atom. The summed E-state index contributed by atoms with van der Waals surface area (Å²) in [4.78, 5) is 1.36. The smallest absolute Gasteiger partial charge is 0.0251 e. The van der Waals surface area contributed by atoms with Gasteiger partial charge in [0.25, 0.3) is 0 Å². The van der Waals surface area contributed by atoms with Gasteiger partial charge in [0.1, 0.15) is 0 Å². The van der Waals surface area contributed by atoms with Crippen LogP contribution in [0, 0.1) is 5.41 Å². The number of rotatable bonds is 2. The lowest BCUT2D eigenvalue weighted by molar-refractivity contribution is 0.208. The molecule has 112 valence electrons. The average molecular weight is 292 g/mol. The molecule has 0 amide bonds. The van der Waals surface area contributed by atoms with Crippen LogP contribution in [0.25, 0.3) is 0 Å². The van der Waals surface area contributed by atoms with Crippen LogP contribution in [0.5, 0.6) is 0 Å². The normalized spacial score (nSPS) is 26.5. The number of nitrogens with two attached hydrogens (primary N) is 1. The van der Waals surface area contributed by atoms with E-state index in [4.69, 9.17) is 5.73 Å². The second kappa shape index (κ2) is 5.73. The standard InChI is InChI=1S/C18H29NS/c1-17(2,3)13-8-10-14(11-9-13)20-15-7-6-12-18(4,5)16(15)19/h8-11,15-16H,6-7,12,19H2,1-5H3. The van der Waals surface area contributed by atoms with Crippen LogP contribution < -0.4 is 5.73 Å². The van der Waals surface area contributed by atoms with Crippen LogP contribution in [0.3, 0.4) is 0 Å². The molecule has 2 N–H and O–H groups in total. The Kier molecular flexibility index (Phi) is 4.56. The van der Waals surface area contributed by atoms with E-state index in [-0.39, 0.29) is 10.8 Å². The number of hydrogen-bond acceptors (Lipinski definition) is 2. The molecular formula is C18H29NS. The summed E-state index contributed by atoms with van der Waals surface area (Å²) in [5, 5.41) is 0.555. The highest BCUT2D eigenvalue weighted by atomic mass is 32.2. The molecule has 2 atom stereocenters. The van der Waals surface area contributed by atoms with Crippen molar-refractivity contribution >= 4 is 11.8 Å². The molecule has 1 aromatic rings. The van der Waals surface area contributed by atoms with Gasteiger partial charge in [0.2, 0.25) is 0 Å². The van der Waals surface area contributed by atoms with Crippen molar-refractivity contribution in [3.8, 4) is 0 Å². The number of benzene rings is 1. The Balaban J connectivity index is 2.07. The van der Waals surface area contributed by atoms with Crippen LogP contribution in [0.15, 0.2) is 29.2 Å². The van der Waals surface area contributed by atoms with Crippen molar-refractivity contribution in [2.75, 3.05) is 0 Å². The quantitative estimate of drug-likeness (QED) is 0.831. The van der Waals surface area contributed by atoms with Crippen molar-refractivity contribution in [1.29, 1.82) is 0 Å². The van der Waals surface area contributed by atoms with Gasteiger partial charge in [-0.2, -0.15) is 0 Å². The summed E-state index contributed by atoms with van der Waals surface area (Å²) in [6.07, 6.45) is 3.81. The topological polar surface area (TPSA) is 26.0 Å². The Hall–Kier alpha value is -0.470. The first-order valence-corrected chi connectivity index (χ1v) is 8.61. The van der Waals surface area contributed by atoms with Gasteiger partial charge in [0.05, 0.1) is 0 Å². The monoisotopic (exact) mass is 291 g/mol. The van der Waals surface area contributed by atoms with Gasteiger partial charge in [0.15, 0.2) is 0 Å². The third kappa shape index (κ3) is 3.59. The largest absolute Gasteiger partial charge is 0.326 e. The Labute approximate surface area is 128 Å². The second-order valence-corrected chi connectivity index (χ2v) is 9.15. The molecular weight excluding hydrogens is 262 g/mol. The Morgan fingerprint density at radius 1 is 1.15 bits per heavy atom. The molecule has 0 aliphatic heterocycles. The third-order valence-electron chi connectivity index (χ3n) is 4.62. The molecule has 0 saturated heterocycles. The summed E-state index contributed by atoms with van der Waals surface area (Å²) < 4.78 is 0. The molecule has 0 bridgehead atoms. The Bertz CT molecular complexity index is 441. The lowest BCUT2D eigenvalue weighted by Gasteiger charge is -2.41. The first-order chi connectivity index (χ1) is 9.20. The number of thioether (sulfide) groups is 1. The summed E-state index contributed by atoms with van der Waals surface area (Å²) in [5.74, 6) is 0. The van der Waals surface area contributed by atoms with Gasteiger partial charge in [-0.3, -0.25) is 0 Å². The maximum absolute atomic E-state index is 6.48. The fourth-order valence-corrected chi connectivity index (χ4v) is 4.39. The maximum atomic E-state index is 6.48. The summed E-state index contributed by atoms with van der Waals surface area (Å²) in [5.41, 5.74) is 8.39. The van der Waals surface area contributed by atoms with E-state index in [1.165, 1.54) is 29.7 Å². The molecule has 1 fully saturated rings. The number of hydrogen-bond donors (Lipinski definition) is 1. The second-order valence-electron chi connectivity index (χ2n) is 7.84. The SMILES string of the molecule is CC(C)(C)c1ccc(SC2CCCC(C)(C)C2N)cc1.